The molecule has 3 aromatic rings. The first-order valence-electron chi connectivity index (χ1n) is 11.8. The van der Waals surface area contributed by atoms with Gasteiger partial charge in [0.2, 0.25) is 0 Å². The molecule has 0 bridgehead atoms. The minimum atomic E-state index is -0.337. The van der Waals surface area contributed by atoms with E-state index >= 15 is 0 Å². The Morgan fingerprint density at radius 2 is 1.81 bits per heavy atom. The topological polar surface area (TPSA) is 75.0 Å². The van der Waals surface area contributed by atoms with Crippen LogP contribution in [-0.4, -0.2) is 27.8 Å². The van der Waals surface area contributed by atoms with Gasteiger partial charge in [0.1, 0.15) is 5.84 Å². The van der Waals surface area contributed by atoms with Crippen LogP contribution in [0.4, 0.5) is 5.69 Å². The summed E-state index contributed by atoms with van der Waals surface area (Å²) < 4.78 is 2.75. The number of nitrogens with one attached hydrogen (secondary N) is 2. The maximum atomic E-state index is 13.6. The lowest BCUT2D eigenvalue weighted by atomic mass is 9.89. The lowest BCUT2D eigenvalue weighted by molar-refractivity contribution is -0.113. The molecule has 0 saturated carbocycles. The SMILES string of the molecule is CC1=C(C(=O)Nc2ccccc2C)C2C(=C(SCC(=O)c3ccc(C)cc3C)S1)C(=N)n1cccc12. The average Bonchev–Trinajstić information content (AvgIpc) is 3.42. The van der Waals surface area contributed by atoms with E-state index in [1.165, 1.54) is 23.5 Å². The highest BCUT2D eigenvalue weighted by Gasteiger charge is 2.43. The van der Waals surface area contributed by atoms with Crippen LogP contribution in [0.5, 0.6) is 0 Å². The molecule has 1 unspecified atom stereocenters. The first-order valence-corrected chi connectivity index (χ1v) is 13.6. The minimum absolute atomic E-state index is 0.0663. The van der Waals surface area contributed by atoms with Crippen LogP contribution in [-0.2, 0) is 4.79 Å². The number of hydrogen-bond donors (Lipinski definition) is 2. The van der Waals surface area contributed by atoms with Gasteiger partial charge in [0.15, 0.2) is 5.78 Å². The fraction of sp³-hybridized carbons (Fsp3) is 0.207. The smallest absolute Gasteiger partial charge is 0.253 e. The Hall–Kier alpha value is -3.29. The van der Waals surface area contributed by atoms with Gasteiger partial charge >= 0.3 is 0 Å². The molecule has 7 heteroatoms. The zero-order chi connectivity index (χ0) is 25.6. The fourth-order valence-corrected chi connectivity index (χ4v) is 7.34. The summed E-state index contributed by atoms with van der Waals surface area (Å²) in [6.45, 7) is 7.90. The standard InChI is InChI=1S/C29H27N3O2S2/c1-16-11-12-20(18(3)14-16)23(33)15-35-29-26-25(22-10-7-13-32(22)27(26)30)24(19(4)36-29)28(34)31-21-9-6-5-8-17(21)2/h5-14,25,30H,15H2,1-4H3,(H,31,34). The minimum Gasteiger partial charge on any atom is -0.322 e. The van der Waals surface area contributed by atoms with E-state index in [2.05, 4.69) is 5.32 Å². The molecule has 2 aromatic carbocycles. The lowest BCUT2D eigenvalue weighted by Crippen LogP contribution is -2.23. The van der Waals surface area contributed by atoms with Crippen LogP contribution in [0.1, 0.15) is 45.6 Å². The van der Waals surface area contributed by atoms with Crippen LogP contribution in [0, 0.1) is 26.2 Å². The molecule has 0 fully saturated rings. The van der Waals surface area contributed by atoms with Crippen molar-refractivity contribution >= 4 is 46.7 Å². The third-order valence-corrected chi connectivity index (χ3v) is 9.07. The monoisotopic (exact) mass is 513 g/mol. The molecule has 2 aliphatic rings. The number of para-hydroxylation sites is 1. The number of aromatic nitrogens is 1. The largest absolute Gasteiger partial charge is 0.322 e. The van der Waals surface area contributed by atoms with Crippen molar-refractivity contribution < 1.29 is 9.59 Å². The number of amides is 1. The normalized spacial score (nSPS) is 16.8. The molecule has 5 nitrogen and oxygen atoms in total. The Labute approximate surface area is 219 Å². The first kappa shape index (κ1) is 24.4. The lowest BCUT2D eigenvalue weighted by Gasteiger charge is -2.26. The summed E-state index contributed by atoms with van der Waals surface area (Å²) in [6, 6.07) is 17.5. The Morgan fingerprint density at radius 3 is 2.56 bits per heavy atom. The molecule has 3 heterocycles. The summed E-state index contributed by atoms with van der Waals surface area (Å²) in [6.07, 6.45) is 1.86. The average molecular weight is 514 g/mol. The molecule has 5 rings (SSSR count). The van der Waals surface area contributed by atoms with E-state index in [0.717, 1.165) is 48.4 Å². The number of fused-ring (bicyclic) bond motifs is 3. The van der Waals surface area contributed by atoms with Crippen molar-refractivity contribution in [1.82, 2.24) is 4.57 Å². The quantitative estimate of drug-likeness (QED) is 0.355. The van der Waals surface area contributed by atoms with Crippen LogP contribution in [0.3, 0.4) is 0 Å². The second kappa shape index (κ2) is 9.64. The number of rotatable bonds is 6. The van der Waals surface area contributed by atoms with Gasteiger partial charge in [-0.05, 0) is 61.9 Å². The molecule has 0 radical (unpaired) electrons. The summed E-state index contributed by atoms with van der Waals surface area (Å²) in [5, 5.41) is 12.0. The Bertz CT molecular complexity index is 1500. The van der Waals surface area contributed by atoms with E-state index in [0.29, 0.717) is 11.4 Å². The van der Waals surface area contributed by atoms with Gasteiger partial charge < -0.3 is 9.88 Å². The fourth-order valence-electron chi connectivity index (χ4n) is 4.84. The summed E-state index contributed by atoms with van der Waals surface area (Å²) in [5.74, 6) is 0.216. The molecule has 2 N–H and O–H groups in total. The van der Waals surface area contributed by atoms with Gasteiger partial charge in [0.05, 0.1) is 15.9 Å². The second-order valence-electron chi connectivity index (χ2n) is 9.16. The highest BCUT2D eigenvalue weighted by molar-refractivity contribution is 8.24. The predicted octanol–water partition coefficient (Wildman–Crippen LogP) is 6.82. The van der Waals surface area contributed by atoms with Gasteiger partial charge in [-0.1, -0.05) is 53.7 Å². The molecule has 0 aliphatic carbocycles. The number of Topliss-reactive ketones (excluding diaryl/α,β-unsaturated/α-hetero) is 1. The number of benzene rings is 2. The van der Waals surface area contributed by atoms with E-state index in [-0.39, 0.29) is 23.4 Å². The van der Waals surface area contributed by atoms with Gasteiger partial charge in [0, 0.05) is 34.3 Å². The van der Waals surface area contributed by atoms with Crippen LogP contribution < -0.4 is 5.32 Å². The molecular weight excluding hydrogens is 486 g/mol. The molecule has 0 spiro atoms. The number of hydrogen-bond acceptors (Lipinski definition) is 5. The molecule has 1 atom stereocenters. The maximum absolute atomic E-state index is 13.6. The maximum Gasteiger partial charge on any atom is 0.253 e. The summed E-state index contributed by atoms with van der Waals surface area (Å²) >= 11 is 2.95. The third kappa shape index (κ3) is 4.27. The number of allylic oxidation sites excluding steroid dienone is 2. The number of nitrogens with zero attached hydrogens (tertiary/aromatic N) is 1. The number of thioether (sulfide) groups is 2. The molecule has 2 aliphatic heterocycles. The van der Waals surface area contributed by atoms with Gasteiger partial charge in [-0.3, -0.25) is 15.0 Å². The zero-order valence-corrected chi connectivity index (χ0v) is 22.3. The van der Waals surface area contributed by atoms with E-state index in [4.69, 9.17) is 5.41 Å². The molecule has 1 amide bonds. The van der Waals surface area contributed by atoms with Gasteiger partial charge in [0.25, 0.3) is 5.91 Å². The van der Waals surface area contributed by atoms with Crippen molar-refractivity contribution in [3.05, 3.63) is 109 Å². The molecule has 0 saturated heterocycles. The van der Waals surface area contributed by atoms with Crippen molar-refractivity contribution in [2.24, 2.45) is 0 Å². The van der Waals surface area contributed by atoms with Crippen LogP contribution in [0.15, 0.2) is 81.1 Å². The second-order valence-corrected chi connectivity index (χ2v) is 11.6. The van der Waals surface area contributed by atoms with Crippen molar-refractivity contribution in [1.29, 1.82) is 5.41 Å². The first-order chi connectivity index (χ1) is 17.3. The Kier molecular flexibility index (Phi) is 6.53. The Balaban J connectivity index is 1.46. The molecule has 1 aromatic heterocycles. The molecule has 182 valence electrons. The van der Waals surface area contributed by atoms with Crippen LogP contribution in [0.2, 0.25) is 0 Å². The number of carbonyl (C=O) groups is 2. The Morgan fingerprint density at radius 1 is 1.03 bits per heavy atom. The number of aryl methyl sites for hydroxylation is 3. The summed E-state index contributed by atoms with van der Waals surface area (Å²) in [5.41, 5.74) is 6.97. The van der Waals surface area contributed by atoms with E-state index in [1.807, 2.05) is 93.1 Å². The predicted molar refractivity (Wildman–Crippen MR) is 150 cm³/mol. The number of ketones is 1. The van der Waals surface area contributed by atoms with Gasteiger partial charge in [-0.15, -0.1) is 11.8 Å². The molecular formula is C29H27N3O2S2. The van der Waals surface area contributed by atoms with Crippen molar-refractivity contribution in [2.45, 2.75) is 33.6 Å². The molecule has 36 heavy (non-hydrogen) atoms. The highest BCUT2D eigenvalue weighted by atomic mass is 32.2. The van der Waals surface area contributed by atoms with Crippen LogP contribution >= 0.6 is 23.5 Å². The third-order valence-electron chi connectivity index (χ3n) is 6.65. The van der Waals surface area contributed by atoms with E-state index in [1.54, 1.807) is 0 Å². The van der Waals surface area contributed by atoms with Gasteiger partial charge in [-0.25, -0.2) is 0 Å². The number of carbonyl (C=O) groups excluding carboxylic acids is 2. The van der Waals surface area contributed by atoms with Gasteiger partial charge in [-0.2, -0.15) is 0 Å². The summed E-state index contributed by atoms with van der Waals surface area (Å²) in [4.78, 5) is 27.5. The van der Waals surface area contributed by atoms with E-state index in [9.17, 15) is 9.59 Å². The van der Waals surface area contributed by atoms with Crippen molar-refractivity contribution in [3.8, 4) is 0 Å². The van der Waals surface area contributed by atoms with Crippen LogP contribution in [0.25, 0.3) is 0 Å². The highest BCUT2D eigenvalue weighted by Crippen LogP contribution is 2.53. The number of anilines is 1. The van der Waals surface area contributed by atoms with Crippen molar-refractivity contribution in [2.75, 3.05) is 11.1 Å². The summed E-state index contributed by atoms with van der Waals surface area (Å²) in [7, 11) is 0. The van der Waals surface area contributed by atoms with Crippen molar-refractivity contribution in [3.63, 3.8) is 0 Å². The van der Waals surface area contributed by atoms with E-state index < -0.39 is 0 Å². The zero-order valence-electron chi connectivity index (χ0n) is 20.6.